The molecule has 0 spiro atoms. The van der Waals surface area contributed by atoms with Crippen LogP contribution in [-0.4, -0.2) is 82.7 Å². The number of ketones is 1. The van der Waals surface area contributed by atoms with Gasteiger partial charge in [0.05, 0.1) is 35.1 Å². The molecule has 3 fully saturated rings. The summed E-state index contributed by atoms with van der Waals surface area (Å²) in [5, 5.41) is 76.6. The zero-order chi connectivity index (χ0) is 26.4. The smallest absolute Gasteiger partial charge is 0.159 e. The van der Waals surface area contributed by atoms with E-state index in [1.165, 1.54) is 6.08 Å². The van der Waals surface area contributed by atoms with Crippen molar-refractivity contribution in [1.82, 2.24) is 0 Å². The van der Waals surface area contributed by atoms with Crippen LogP contribution in [0.4, 0.5) is 0 Å². The van der Waals surface area contributed by atoms with E-state index in [0.29, 0.717) is 37.7 Å². The molecule has 0 aliphatic heterocycles. The molecule has 35 heavy (non-hydrogen) atoms. The van der Waals surface area contributed by atoms with Gasteiger partial charge in [0.25, 0.3) is 0 Å². The highest BCUT2D eigenvalue weighted by Gasteiger charge is 2.70. The van der Waals surface area contributed by atoms with E-state index >= 15 is 0 Å². The number of aliphatic hydroxyl groups is 7. The van der Waals surface area contributed by atoms with Crippen molar-refractivity contribution in [3.05, 3.63) is 11.6 Å². The van der Waals surface area contributed by atoms with E-state index in [-0.39, 0.29) is 24.5 Å². The lowest BCUT2D eigenvalue weighted by atomic mass is 9.45. The van der Waals surface area contributed by atoms with Crippen molar-refractivity contribution >= 4 is 5.78 Å². The summed E-state index contributed by atoms with van der Waals surface area (Å²) in [7, 11) is 0. The van der Waals surface area contributed by atoms with E-state index in [1.54, 1.807) is 27.7 Å². The Kier molecular flexibility index (Phi) is 6.46. The molecular formula is C27H44O8. The van der Waals surface area contributed by atoms with Gasteiger partial charge in [0.1, 0.15) is 6.10 Å². The molecule has 0 bridgehead atoms. The molecule has 0 aromatic rings. The largest absolute Gasteiger partial charge is 0.390 e. The van der Waals surface area contributed by atoms with Crippen molar-refractivity contribution in [2.75, 3.05) is 0 Å². The number of carbonyl (C=O) groups excluding carboxylic acids is 1. The fourth-order valence-electron chi connectivity index (χ4n) is 8.35. The van der Waals surface area contributed by atoms with E-state index in [2.05, 4.69) is 0 Å². The standard InChI is InChI=1S/C27H44O8/c1-23(2,33)9-8-20(30)26(5,34)19-7-11-27(35)15-12-17(28)16-13-18(29)21(31)22(32)25(16,4)14(15)6-10-24(19,27)3/h12,14,16,18-22,29-35H,6-11,13H2,1-5H3/t14?,16-,18+,19?,20+,21+,22+,24+,25+,26-,27+/m0/s1. The first-order valence-corrected chi connectivity index (χ1v) is 13.1. The Labute approximate surface area is 207 Å². The van der Waals surface area contributed by atoms with Crippen LogP contribution in [0.15, 0.2) is 11.6 Å². The van der Waals surface area contributed by atoms with Gasteiger partial charge in [-0.1, -0.05) is 13.8 Å². The average Bonchev–Trinajstić information content (AvgIpc) is 3.04. The molecule has 0 aromatic carbocycles. The Morgan fingerprint density at radius 3 is 2.29 bits per heavy atom. The van der Waals surface area contributed by atoms with Gasteiger partial charge in [-0.25, -0.2) is 0 Å². The lowest BCUT2D eigenvalue weighted by Crippen LogP contribution is -2.66. The van der Waals surface area contributed by atoms with E-state index in [0.717, 1.165) is 0 Å². The molecule has 11 atom stereocenters. The molecule has 0 amide bonds. The molecule has 7 N–H and O–H groups in total. The third-order valence-corrected chi connectivity index (χ3v) is 10.7. The molecule has 8 nitrogen and oxygen atoms in total. The minimum absolute atomic E-state index is 0.0638. The van der Waals surface area contributed by atoms with Gasteiger partial charge in [-0.3, -0.25) is 4.79 Å². The molecule has 0 heterocycles. The van der Waals surface area contributed by atoms with Crippen molar-refractivity contribution in [2.24, 2.45) is 28.6 Å². The predicted octanol–water partition coefficient (Wildman–Crippen LogP) is 0.825. The maximum absolute atomic E-state index is 13.3. The van der Waals surface area contributed by atoms with Crippen molar-refractivity contribution in [3.63, 3.8) is 0 Å². The maximum atomic E-state index is 13.3. The number of fused-ring (bicyclic) bond motifs is 5. The summed E-state index contributed by atoms with van der Waals surface area (Å²) in [5.74, 6) is -1.73. The Hall–Kier alpha value is -0.870. The molecule has 0 radical (unpaired) electrons. The van der Waals surface area contributed by atoms with Crippen LogP contribution in [0.2, 0.25) is 0 Å². The molecule has 0 aromatic heterocycles. The first-order valence-electron chi connectivity index (χ1n) is 13.1. The van der Waals surface area contributed by atoms with Crippen LogP contribution in [0.25, 0.3) is 0 Å². The Morgan fingerprint density at radius 1 is 1.06 bits per heavy atom. The lowest BCUT2D eigenvalue weighted by Gasteiger charge is -2.61. The number of rotatable bonds is 5. The maximum Gasteiger partial charge on any atom is 0.159 e. The van der Waals surface area contributed by atoms with Crippen molar-refractivity contribution in [2.45, 2.75) is 121 Å². The monoisotopic (exact) mass is 496 g/mol. The Bertz CT molecular complexity index is 892. The molecule has 0 saturated heterocycles. The zero-order valence-corrected chi connectivity index (χ0v) is 21.6. The van der Waals surface area contributed by atoms with Gasteiger partial charge in [0.2, 0.25) is 0 Å². The molecule has 200 valence electrons. The van der Waals surface area contributed by atoms with Crippen LogP contribution in [0.3, 0.4) is 0 Å². The van der Waals surface area contributed by atoms with Gasteiger partial charge in [0.15, 0.2) is 5.78 Å². The lowest BCUT2D eigenvalue weighted by molar-refractivity contribution is -0.205. The van der Waals surface area contributed by atoms with Gasteiger partial charge >= 0.3 is 0 Å². The average molecular weight is 497 g/mol. The molecule has 8 heteroatoms. The SMILES string of the molecule is CC(C)(O)CC[C@@H](O)[C@@](C)(O)C1CC[C@@]2(O)C3=CC(=O)[C@@H]4C[C@@H](O)[C@@H](O)[C@@H](O)[C@]4(C)C3CC[C@]12C. The molecule has 4 aliphatic rings. The summed E-state index contributed by atoms with van der Waals surface area (Å²) in [6.07, 6.45) is -1.09. The summed E-state index contributed by atoms with van der Waals surface area (Å²) < 4.78 is 0. The minimum atomic E-state index is -1.52. The first kappa shape index (κ1) is 27.2. The van der Waals surface area contributed by atoms with Crippen LogP contribution < -0.4 is 0 Å². The first-order chi connectivity index (χ1) is 15.9. The second kappa shape index (κ2) is 8.32. The van der Waals surface area contributed by atoms with Crippen LogP contribution in [0.1, 0.15) is 79.6 Å². The molecular weight excluding hydrogens is 452 g/mol. The van der Waals surface area contributed by atoms with E-state index in [1.807, 2.05) is 6.92 Å². The van der Waals surface area contributed by atoms with Gasteiger partial charge in [-0.05, 0) is 89.2 Å². The normalized spacial score (nSPS) is 48.3. The van der Waals surface area contributed by atoms with Gasteiger partial charge < -0.3 is 35.7 Å². The van der Waals surface area contributed by atoms with Gasteiger partial charge in [0, 0.05) is 16.7 Å². The zero-order valence-electron chi connectivity index (χ0n) is 21.6. The Morgan fingerprint density at radius 2 is 1.69 bits per heavy atom. The second-order valence-corrected chi connectivity index (χ2v) is 13.2. The molecule has 2 unspecified atom stereocenters. The fraction of sp³-hybridized carbons (Fsp3) is 0.889. The summed E-state index contributed by atoms with van der Waals surface area (Å²) >= 11 is 0. The molecule has 4 aliphatic carbocycles. The van der Waals surface area contributed by atoms with Crippen LogP contribution >= 0.6 is 0 Å². The van der Waals surface area contributed by atoms with Gasteiger partial charge in [-0.2, -0.15) is 0 Å². The van der Waals surface area contributed by atoms with E-state index in [4.69, 9.17) is 0 Å². The third kappa shape index (κ3) is 3.78. The van der Waals surface area contributed by atoms with E-state index in [9.17, 15) is 40.5 Å². The number of carbonyl (C=O) groups is 1. The quantitative estimate of drug-likeness (QED) is 0.295. The van der Waals surface area contributed by atoms with Crippen molar-refractivity contribution < 1.29 is 40.5 Å². The number of allylic oxidation sites excluding steroid dienone is 1. The summed E-state index contributed by atoms with van der Waals surface area (Å²) in [6.45, 7) is 8.59. The highest BCUT2D eigenvalue weighted by molar-refractivity contribution is 5.95. The Balaban J connectivity index is 1.69. The van der Waals surface area contributed by atoms with Crippen molar-refractivity contribution in [3.8, 4) is 0 Å². The van der Waals surface area contributed by atoms with Gasteiger partial charge in [-0.15, -0.1) is 0 Å². The number of hydrogen-bond donors (Lipinski definition) is 7. The second-order valence-electron chi connectivity index (χ2n) is 13.2. The predicted molar refractivity (Wildman–Crippen MR) is 128 cm³/mol. The fourth-order valence-corrected chi connectivity index (χ4v) is 8.35. The van der Waals surface area contributed by atoms with Crippen molar-refractivity contribution in [1.29, 1.82) is 0 Å². The van der Waals surface area contributed by atoms with Crippen LogP contribution in [-0.2, 0) is 4.79 Å². The van der Waals surface area contributed by atoms with E-state index < -0.39 is 63.9 Å². The molecule has 3 saturated carbocycles. The summed E-state index contributed by atoms with van der Waals surface area (Å²) in [4.78, 5) is 13.3. The topological polar surface area (TPSA) is 159 Å². The summed E-state index contributed by atoms with van der Waals surface area (Å²) in [5.41, 5.74) is -5.21. The van der Waals surface area contributed by atoms with Crippen LogP contribution in [0.5, 0.6) is 0 Å². The highest BCUT2D eigenvalue weighted by atomic mass is 16.4. The highest BCUT2D eigenvalue weighted by Crippen LogP contribution is 2.68. The number of aliphatic hydroxyl groups excluding tert-OH is 4. The van der Waals surface area contributed by atoms with Crippen LogP contribution in [0, 0.1) is 28.6 Å². The molecule has 4 rings (SSSR count). The minimum Gasteiger partial charge on any atom is -0.390 e. The summed E-state index contributed by atoms with van der Waals surface area (Å²) in [6, 6.07) is 0. The number of hydrogen-bond acceptors (Lipinski definition) is 8. The third-order valence-electron chi connectivity index (χ3n) is 10.7.